The van der Waals surface area contributed by atoms with Gasteiger partial charge in [0.15, 0.2) is 5.76 Å². The highest BCUT2D eigenvalue weighted by Gasteiger charge is 2.13. The van der Waals surface area contributed by atoms with E-state index in [9.17, 15) is 9.59 Å². The predicted octanol–water partition coefficient (Wildman–Crippen LogP) is 4.33. The van der Waals surface area contributed by atoms with Gasteiger partial charge in [-0.05, 0) is 68.7 Å². The van der Waals surface area contributed by atoms with E-state index in [1.807, 2.05) is 32.0 Å². The molecule has 28 heavy (non-hydrogen) atoms. The van der Waals surface area contributed by atoms with Gasteiger partial charge >= 0.3 is 5.97 Å². The Bertz CT molecular complexity index is 964. The second kappa shape index (κ2) is 8.99. The lowest BCUT2D eigenvalue weighted by atomic mass is 10.1. The summed E-state index contributed by atoms with van der Waals surface area (Å²) in [5.41, 5.74) is 3.71. The van der Waals surface area contributed by atoms with Crippen molar-refractivity contribution < 1.29 is 18.7 Å². The number of nitrogens with zero attached hydrogens (tertiary/aromatic N) is 1. The van der Waals surface area contributed by atoms with E-state index in [1.54, 1.807) is 30.3 Å². The van der Waals surface area contributed by atoms with Crippen molar-refractivity contribution in [2.24, 2.45) is 0 Å². The van der Waals surface area contributed by atoms with Gasteiger partial charge in [-0.2, -0.15) is 0 Å². The molecule has 0 bridgehead atoms. The summed E-state index contributed by atoms with van der Waals surface area (Å²) in [5, 5.41) is 2.75. The van der Waals surface area contributed by atoms with E-state index < -0.39 is 5.97 Å². The molecule has 0 aliphatic carbocycles. The summed E-state index contributed by atoms with van der Waals surface area (Å²) in [7, 11) is 0. The minimum Gasteiger partial charge on any atom is -0.462 e. The van der Waals surface area contributed by atoms with Crippen LogP contribution in [0.5, 0.6) is 0 Å². The Kier molecular flexibility index (Phi) is 6.22. The fourth-order valence-electron chi connectivity index (χ4n) is 2.72. The van der Waals surface area contributed by atoms with Crippen molar-refractivity contribution in [2.75, 3.05) is 11.9 Å². The lowest BCUT2D eigenvalue weighted by Gasteiger charge is -2.10. The van der Waals surface area contributed by atoms with Gasteiger partial charge in [-0.25, -0.2) is 4.79 Å². The summed E-state index contributed by atoms with van der Waals surface area (Å²) in [5.74, 6) is -0.591. The number of carbonyl (C=O) groups is 2. The fourth-order valence-corrected chi connectivity index (χ4v) is 2.72. The summed E-state index contributed by atoms with van der Waals surface area (Å²) in [6.45, 7) is 4.10. The minimum absolute atomic E-state index is 0.206. The average molecular weight is 378 g/mol. The maximum atomic E-state index is 12.3. The van der Waals surface area contributed by atoms with E-state index in [4.69, 9.17) is 9.15 Å². The number of amides is 1. The smallest absolute Gasteiger partial charge is 0.338 e. The quantitative estimate of drug-likeness (QED) is 0.489. The van der Waals surface area contributed by atoms with Crippen LogP contribution in [0.15, 0.2) is 59.2 Å². The molecule has 2 heterocycles. The number of furan rings is 1. The lowest BCUT2D eigenvalue weighted by molar-refractivity contribution is 0.0500. The molecule has 6 nitrogen and oxygen atoms in total. The number of esters is 1. The molecule has 0 saturated carbocycles. The van der Waals surface area contributed by atoms with Gasteiger partial charge in [0.25, 0.3) is 5.91 Å². The van der Waals surface area contributed by atoms with Gasteiger partial charge in [0.2, 0.25) is 0 Å². The molecule has 1 aromatic carbocycles. The van der Waals surface area contributed by atoms with Crippen molar-refractivity contribution >= 4 is 17.6 Å². The number of benzene rings is 1. The number of hydrogen-bond donors (Lipinski definition) is 1. The van der Waals surface area contributed by atoms with Crippen LogP contribution in [-0.2, 0) is 11.2 Å². The monoisotopic (exact) mass is 378 g/mol. The average Bonchev–Trinajstić information content (AvgIpc) is 3.22. The van der Waals surface area contributed by atoms with Crippen molar-refractivity contribution in [3.8, 4) is 0 Å². The summed E-state index contributed by atoms with van der Waals surface area (Å²) in [4.78, 5) is 28.9. The molecule has 1 N–H and O–H groups in total. The molecule has 1 amide bonds. The summed E-state index contributed by atoms with van der Waals surface area (Å²) < 4.78 is 10.4. The molecule has 2 aromatic heterocycles. The van der Waals surface area contributed by atoms with Crippen molar-refractivity contribution in [2.45, 2.75) is 26.7 Å². The van der Waals surface area contributed by atoms with E-state index in [0.717, 1.165) is 23.4 Å². The topological polar surface area (TPSA) is 81.4 Å². The molecule has 3 rings (SSSR count). The van der Waals surface area contributed by atoms with Crippen molar-refractivity contribution in [1.82, 2.24) is 4.98 Å². The number of aromatic nitrogens is 1. The van der Waals surface area contributed by atoms with Gasteiger partial charge in [-0.3, -0.25) is 9.78 Å². The van der Waals surface area contributed by atoms with Crippen LogP contribution in [0, 0.1) is 13.8 Å². The van der Waals surface area contributed by atoms with Crippen molar-refractivity contribution in [3.05, 3.63) is 83.1 Å². The molecule has 0 saturated heterocycles. The van der Waals surface area contributed by atoms with E-state index in [1.165, 1.54) is 6.26 Å². The normalized spacial score (nSPS) is 10.5. The van der Waals surface area contributed by atoms with E-state index in [-0.39, 0.29) is 11.7 Å². The Labute approximate surface area is 163 Å². The van der Waals surface area contributed by atoms with Gasteiger partial charge in [0.05, 0.1) is 18.4 Å². The summed E-state index contributed by atoms with van der Waals surface area (Å²) in [6.07, 6.45) is 2.87. The Morgan fingerprint density at radius 3 is 2.71 bits per heavy atom. The first kappa shape index (κ1) is 19.4. The van der Waals surface area contributed by atoms with E-state index in [2.05, 4.69) is 10.3 Å². The Morgan fingerprint density at radius 1 is 1.11 bits per heavy atom. The first-order valence-corrected chi connectivity index (χ1v) is 9.08. The first-order valence-electron chi connectivity index (χ1n) is 9.08. The lowest BCUT2D eigenvalue weighted by Crippen LogP contribution is -2.13. The highest BCUT2D eigenvalue weighted by Crippen LogP contribution is 2.19. The zero-order valence-corrected chi connectivity index (χ0v) is 15.9. The fraction of sp³-hybridized carbons (Fsp3) is 0.227. The third-order valence-electron chi connectivity index (χ3n) is 4.22. The number of nitrogens with one attached hydrogen (secondary N) is 1. The molecule has 0 aliphatic rings. The van der Waals surface area contributed by atoms with Crippen LogP contribution in [0.4, 0.5) is 5.69 Å². The molecule has 0 atom stereocenters. The molecule has 0 unspecified atom stereocenters. The van der Waals surface area contributed by atoms with Crippen LogP contribution in [0.1, 0.15) is 44.3 Å². The van der Waals surface area contributed by atoms with Gasteiger partial charge in [0, 0.05) is 17.1 Å². The molecule has 0 spiro atoms. The Morgan fingerprint density at radius 2 is 1.96 bits per heavy atom. The van der Waals surface area contributed by atoms with Gasteiger partial charge in [-0.1, -0.05) is 12.1 Å². The van der Waals surface area contributed by atoms with Crippen LogP contribution in [-0.4, -0.2) is 23.5 Å². The highest BCUT2D eigenvalue weighted by atomic mass is 16.5. The number of pyridine rings is 1. The number of hydrogen-bond acceptors (Lipinski definition) is 5. The molecular weight excluding hydrogens is 356 g/mol. The Hall–Kier alpha value is -3.41. The molecule has 0 radical (unpaired) electrons. The van der Waals surface area contributed by atoms with Crippen LogP contribution >= 0.6 is 0 Å². The van der Waals surface area contributed by atoms with E-state index >= 15 is 0 Å². The third kappa shape index (κ3) is 5.07. The number of ether oxygens (including phenoxy) is 1. The SMILES string of the molecule is Cc1cccc(CCCOC(=O)c2ccc(C)c(NC(=O)c3ccco3)c2)n1. The predicted molar refractivity (Wildman–Crippen MR) is 105 cm³/mol. The maximum Gasteiger partial charge on any atom is 0.338 e. The minimum atomic E-state index is -0.425. The van der Waals surface area contributed by atoms with E-state index in [0.29, 0.717) is 24.3 Å². The third-order valence-corrected chi connectivity index (χ3v) is 4.22. The molecule has 144 valence electrons. The zero-order valence-electron chi connectivity index (χ0n) is 15.9. The number of carbonyl (C=O) groups excluding carboxylic acids is 2. The Balaban J connectivity index is 1.55. The molecule has 6 heteroatoms. The maximum absolute atomic E-state index is 12.3. The second-order valence-corrected chi connectivity index (χ2v) is 6.47. The van der Waals surface area contributed by atoms with Crippen LogP contribution in [0.2, 0.25) is 0 Å². The molecule has 3 aromatic rings. The first-order chi connectivity index (χ1) is 13.5. The molecular formula is C22H22N2O4. The number of aryl methyl sites for hydroxylation is 3. The van der Waals surface area contributed by atoms with Gasteiger partial charge < -0.3 is 14.5 Å². The molecule has 0 fully saturated rings. The highest BCUT2D eigenvalue weighted by molar-refractivity contribution is 6.03. The largest absolute Gasteiger partial charge is 0.462 e. The van der Waals surface area contributed by atoms with Crippen LogP contribution in [0.3, 0.4) is 0 Å². The van der Waals surface area contributed by atoms with Gasteiger partial charge in [-0.15, -0.1) is 0 Å². The summed E-state index contributed by atoms with van der Waals surface area (Å²) in [6, 6.07) is 14.2. The van der Waals surface area contributed by atoms with Crippen LogP contribution in [0.25, 0.3) is 0 Å². The van der Waals surface area contributed by atoms with Gasteiger partial charge in [0.1, 0.15) is 0 Å². The number of anilines is 1. The van der Waals surface area contributed by atoms with Crippen LogP contribution < -0.4 is 5.32 Å². The van der Waals surface area contributed by atoms with Crippen molar-refractivity contribution in [1.29, 1.82) is 0 Å². The number of rotatable bonds is 7. The molecule has 0 aliphatic heterocycles. The van der Waals surface area contributed by atoms with Crippen molar-refractivity contribution in [3.63, 3.8) is 0 Å². The second-order valence-electron chi connectivity index (χ2n) is 6.47. The summed E-state index contributed by atoms with van der Waals surface area (Å²) >= 11 is 0. The standard InChI is InChI=1S/C22H22N2O4/c1-15-10-11-17(14-19(15)24-21(25)20-9-5-12-27-20)22(26)28-13-4-8-18-7-3-6-16(2)23-18/h3,5-7,9-12,14H,4,8,13H2,1-2H3,(H,24,25). The zero-order chi connectivity index (χ0) is 19.9.